The number of rotatable bonds is 16. The largest absolute Gasteiger partial charge is 0.338 e. The molecule has 0 aromatic heterocycles. The van der Waals surface area contributed by atoms with Gasteiger partial charge in [0.1, 0.15) is 11.6 Å². The van der Waals surface area contributed by atoms with Crippen LogP contribution in [0, 0.1) is 23.2 Å². The van der Waals surface area contributed by atoms with Crippen molar-refractivity contribution in [1.29, 1.82) is 5.26 Å². The van der Waals surface area contributed by atoms with Crippen molar-refractivity contribution in [3.63, 3.8) is 0 Å². The summed E-state index contributed by atoms with van der Waals surface area (Å²) < 4.78 is 0. The molecule has 1 heterocycles. The molecule has 3 atom stereocenters. The van der Waals surface area contributed by atoms with Gasteiger partial charge in [-0.2, -0.15) is 15.5 Å². The lowest BCUT2D eigenvalue weighted by atomic mass is 9.95. The van der Waals surface area contributed by atoms with Gasteiger partial charge in [0.15, 0.2) is 6.04 Å². The van der Waals surface area contributed by atoms with E-state index in [2.05, 4.69) is 42.8 Å². The van der Waals surface area contributed by atoms with Crippen molar-refractivity contribution in [3.05, 3.63) is 41.0 Å². The Morgan fingerprint density at radius 1 is 0.975 bits per heavy atom. The molecule has 1 aromatic rings. The summed E-state index contributed by atoms with van der Waals surface area (Å²) in [5.74, 6) is -0.0789. The third-order valence-corrected chi connectivity index (χ3v) is 7.93. The molecule has 0 fully saturated rings. The van der Waals surface area contributed by atoms with Gasteiger partial charge in [-0.1, -0.05) is 66.2 Å². The van der Waals surface area contributed by atoms with E-state index in [1.165, 1.54) is 12.8 Å². The number of hydrogen-bond acceptors (Lipinski definition) is 6. The Morgan fingerprint density at radius 3 is 1.98 bits per heavy atom. The molecule has 3 unspecified atom stereocenters. The van der Waals surface area contributed by atoms with E-state index in [1.807, 2.05) is 6.07 Å². The monoisotopic (exact) mass is 549 g/mol. The van der Waals surface area contributed by atoms with Crippen LogP contribution in [-0.4, -0.2) is 53.2 Å². The van der Waals surface area contributed by atoms with E-state index in [1.54, 1.807) is 38.1 Å². The zero-order chi connectivity index (χ0) is 29.7. The number of imide groups is 1. The van der Waals surface area contributed by atoms with Crippen LogP contribution in [0.15, 0.2) is 45.6 Å². The van der Waals surface area contributed by atoms with Crippen molar-refractivity contribution < 1.29 is 14.4 Å². The molecule has 0 bridgehead atoms. The van der Waals surface area contributed by atoms with Crippen molar-refractivity contribution in [3.8, 4) is 6.07 Å². The lowest BCUT2D eigenvalue weighted by Gasteiger charge is -2.31. The van der Waals surface area contributed by atoms with Crippen LogP contribution in [0.4, 0.5) is 5.69 Å². The van der Waals surface area contributed by atoms with E-state index in [0.29, 0.717) is 28.7 Å². The van der Waals surface area contributed by atoms with Gasteiger partial charge < -0.3 is 4.90 Å². The number of unbranched alkanes of at least 4 members (excludes halogenated alkanes) is 2. The average Bonchev–Trinajstić information content (AvgIpc) is 2.96. The van der Waals surface area contributed by atoms with Gasteiger partial charge in [-0.3, -0.25) is 19.3 Å². The Morgan fingerprint density at radius 2 is 1.52 bits per heavy atom. The summed E-state index contributed by atoms with van der Waals surface area (Å²) in [7, 11) is 0. The molecule has 0 aliphatic carbocycles. The number of hydrogen-bond donors (Lipinski definition) is 0. The fourth-order valence-electron chi connectivity index (χ4n) is 5.12. The third kappa shape index (κ3) is 8.58. The summed E-state index contributed by atoms with van der Waals surface area (Å²) in [5, 5.41) is 17.8. The molecule has 0 N–H and O–H groups in total. The minimum Gasteiger partial charge on any atom is -0.338 e. The van der Waals surface area contributed by atoms with Crippen molar-refractivity contribution in [2.45, 2.75) is 99.0 Å². The normalized spacial score (nSPS) is 17.3. The Kier molecular flexibility index (Phi) is 13.7. The quantitative estimate of drug-likeness (QED) is 0.160. The second-order valence-electron chi connectivity index (χ2n) is 10.8. The van der Waals surface area contributed by atoms with Gasteiger partial charge in [-0.25, -0.2) is 0 Å². The lowest BCUT2D eigenvalue weighted by Crippen LogP contribution is -2.47. The summed E-state index contributed by atoms with van der Waals surface area (Å²) in [5.41, 5.74) is 1.33. The lowest BCUT2D eigenvalue weighted by molar-refractivity contribution is -0.143. The average molecular weight is 550 g/mol. The number of carbonyl (C=O) groups excluding carboxylic acids is 3. The standard InChI is InChI=1S/C32H47N5O3/c1-7-12-14-24(9-3)21-36(22-25(10-4)15-13-8-2)30(38)26-16-18-27(19-17-26)34-35-29-23(6)28(20-33)31(39)37(11-5)32(29)40/h16-19,24-25,29H,7-15,21-22H2,1-6H3. The van der Waals surface area contributed by atoms with E-state index >= 15 is 0 Å². The second kappa shape index (κ2) is 16.7. The Bertz CT molecular complexity index is 1080. The predicted molar refractivity (Wildman–Crippen MR) is 158 cm³/mol. The van der Waals surface area contributed by atoms with Crippen LogP contribution in [0.1, 0.15) is 103 Å². The van der Waals surface area contributed by atoms with E-state index in [9.17, 15) is 19.6 Å². The molecule has 0 saturated heterocycles. The molecule has 1 aromatic carbocycles. The van der Waals surface area contributed by atoms with Crippen LogP contribution >= 0.6 is 0 Å². The maximum atomic E-state index is 13.7. The number of azo groups is 1. The first-order valence-electron chi connectivity index (χ1n) is 15.0. The summed E-state index contributed by atoms with van der Waals surface area (Å²) in [6, 6.07) is 7.84. The molecule has 1 aliphatic rings. The van der Waals surface area contributed by atoms with Gasteiger partial charge in [0, 0.05) is 25.2 Å². The van der Waals surface area contributed by atoms with Gasteiger partial charge in [-0.05, 0) is 68.4 Å². The number of amides is 3. The smallest absolute Gasteiger partial charge is 0.271 e. The van der Waals surface area contributed by atoms with Crippen LogP contribution in [0.25, 0.3) is 0 Å². The Hall–Kier alpha value is -3.34. The molecule has 1 aliphatic heterocycles. The number of likely N-dealkylation sites (N-methyl/N-ethyl adjacent to an activating group) is 1. The number of nitriles is 1. The number of benzene rings is 1. The molecule has 8 nitrogen and oxygen atoms in total. The fraction of sp³-hybridized carbons (Fsp3) is 0.625. The van der Waals surface area contributed by atoms with Gasteiger partial charge >= 0.3 is 0 Å². The molecule has 2 rings (SSSR count). The molecule has 0 radical (unpaired) electrons. The van der Waals surface area contributed by atoms with Crippen LogP contribution in [0.5, 0.6) is 0 Å². The van der Waals surface area contributed by atoms with Gasteiger partial charge in [0.05, 0.1) is 5.69 Å². The summed E-state index contributed by atoms with van der Waals surface area (Å²) in [4.78, 5) is 42.0. The highest BCUT2D eigenvalue weighted by Crippen LogP contribution is 2.26. The Balaban J connectivity index is 2.26. The number of nitrogens with zero attached hydrogens (tertiary/aromatic N) is 5. The second-order valence-corrected chi connectivity index (χ2v) is 10.8. The van der Waals surface area contributed by atoms with Crippen LogP contribution in [0.3, 0.4) is 0 Å². The molecule has 40 heavy (non-hydrogen) atoms. The first kappa shape index (κ1) is 32.9. The molecule has 0 saturated carbocycles. The fourth-order valence-corrected chi connectivity index (χ4v) is 5.12. The molecule has 0 spiro atoms. The highest BCUT2D eigenvalue weighted by Gasteiger charge is 2.38. The maximum absolute atomic E-state index is 13.7. The highest BCUT2D eigenvalue weighted by molar-refractivity contribution is 6.12. The first-order valence-corrected chi connectivity index (χ1v) is 15.0. The predicted octanol–water partition coefficient (Wildman–Crippen LogP) is 7.24. The van der Waals surface area contributed by atoms with Crippen molar-refractivity contribution in [2.75, 3.05) is 19.6 Å². The molecule has 218 valence electrons. The van der Waals surface area contributed by atoms with E-state index in [4.69, 9.17) is 0 Å². The van der Waals surface area contributed by atoms with Gasteiger partial charge in [-0.15, -0.1) is 0 Å². The third-order valence-electron chi connectivity index (χ3n) is 7.93. The van der Waals surface area contributed by atoms with Gasteiger partial charge in [0.2, 0.25) is 0 Å². The Labute approximate surface area is 240 Å². The number of carbonyl (C=O) groups is 3. The van der Waals surface area contributed by atoms with Gasteiger partial charge in [0.25, 0.3) is 17.7 Å². The molecular weight excluding hydrogens is 502 g/mol. The maximum Gasteiger partial charge on any atom is 0.271 e. The van der Waals surface area contributed by atoms with Crippen molar-refractivity contribution >= 4 is 23.4 Å². The summed E-state index contributed by atoms with van der Waals surface area (Å²) >= 11 is 0. The minimum absolute atomic E-state index is 0.0328. The zero-order valence-corrected chi connectivity index (χ0v) is 25.3. The SMILES string of the molecule is CCCCC(CC)CN(CC(CC)CCCC)C(=O)c1ccc(N=NC2C(=O)N(CC)C(=O)C(C#N)=C2C)cc1. The van der Waals surface area contributed by atoms with E-state index < -0.39 is 17.9 Å². The summed E-state index contributed by atoms with van der Waals surface area (Å²) in [6.07, 6.45) is 9.02. The van der Waals surface area contributed by atoms with Crippen LogP contribution in [0.2, 0.25) is 0 Å². The topological polar surface area (TPSA) is 106 Å². The van der Waals surface area contributed by atoms with E-state index in [-0.39, 0.29) is 18.0 Å². The van der Waals surface area contributed by atoms with Crippen LogP contribution < -0.4 is 0 Å². The zero-order valence-electron chi connectivity index (χ0n) is 25.3. The summed E-state index contributed by atoms with van der Waals surface area (Å²) in [6.45, 7) is 13.8. The van der Waals surface area contributed by atoms with Crippen molar-refractivity contribution in [1.82, 2.24) is 9.80 Å². The highest BCUT2D eigenvalue weighted by atomic mass is 16.2. The van der Waals surface area contributed by atoms with Crippen LogP contribution in [-0.2, 0) is 9.59 Å². The molecule has 8 heteroatoms. The van der Waals surface area contributed by atoms with Crippen molar-refractivity contribution in [2.24, 2.45) is 22.1 Å². The molecular formula is C32H47N5O3. The van der Waals surface area contributed by atoms with E-state index in [0.717, 1.165) is 56.5 Å². The minimum atomic E-state index is -1.02. The molecule has 3 amide bonds. The first-order chi connectivity index (χ1) is 19.3.